The van der Waals surface area contributed by atoms with E-state index in [1.807, 2.05) is 34.6 Å². The van der Waals surface area contributed by atoms with Gasteiger partial charge < -0.3 is 19.6 Å². The highest BCUT2D eigenvalue weighted by molar-refractivity contribution is 5.68. The number of carbonyl (C=O) groups is 1. The van der Waals surface area contributed by atoms with Crippen molar-refractivity contribution in [1.29, 1.82) is 0 Å². The molecule has 2 N–H and O–H groups in total. The molecule has 0 aromatic carbocycles. The number of alkyl carbamates (subject to hydrolysis) is 1. The number of rotatable bonds is 4. The first-order valence-corrected chi connectivity index (χ1v) is 7.82. The molecule has 0 spiro atoms. The van der Waals surface area contributed by atoms with E-state index in [4.69, 9.17) is 9.15 Å². The van der Waals surface area contributed by atoms with Crippen LogP contribution in [0.4, 0.5) is 4.79 Å². The Balaban J connectivity index is 2.89. The van der Waals surface area contributed by atoms with Crippen molar-refractivity contribution in [1.82, 2.24) is 15.5 Å². The molecule has 0 aliphatic rings. The zero-order valence-electron chi connectivity index (χ0n) is 15.3. The number of aromatic nitrogens is 2. The number of amides is 1. The van der Waals surface area contributed by atoms with Crippen molar-refractivity contribution in [2.45, 2.75) is 78.6 Å². The normalized spacial score (nSPS) is 15.4. The number of ether oxygens (including phenoxy) is 1. The molecule has 0 fully saturated rings. The quantitative estimate of drug-likeness (QED) is 0.882. The van der Waals surface area contributed by atoms with Crippen molar-refractivity contribution in [2.24, 2.45) is 5.92 Å². The predicted molar refractivity (Wildman–Crippen MR) is 86.0 cm³/mol. The van der Waals surface area contributed by atoms with Gasteiger partial charge in [0, 0.05) is 5.41 Å². The van der Waals surface area contributed by atoms with E-state index in [-0.39, 0.29) is 17.2 Å². The van der Waals surface area contributed by atoms with Crippen molar-refractivity contribution in [3.8, 4) is 0 Å². The number of carbonyl (C=O) groups excluding carboxylic acids is 1. The molecule has 0 saturated carbocycles. The van der Waals surface area contributed by atoms with E-state index >= 15 is 0 Å². The molecule has 1 unspecified atom stereocenters. The Morgan fingerprint density at radius 1 is 1.17 bits per heavy atom. The minimum absolute atomic E-state index is 0.0532. The summed E-state index contributed by atoms with van der Waals surface area (Å²) in [4.78, 5) is 12.0. The summed E-state index contributed by atoms with van der Waals surface area (Å²) in [5.74, 6) is 0.471. The van der Waals surface area contributed by atoms with E-state index in [2.05, 4.69) is 15.5 Å². The Labute approximate surface area is 137 Å². The van der Waals surface area contributed by atoms with E-state index in [0.717, 1.165) is 0 Å². The SMILES string of the molecule is CC(C)[C@H](NC(=O)OC(C)(C)C)C(O)c1nnc(C(C)(C)C)o1. The minimum atomic E-state index is -1.11. The highest BCUT2D eigenvalue weighted by Crippen LogP contribution is 2.26. The molecule has 132 valence electrons. The Morgan fingerprint density at radius 3 is 2.13 bits per heavy atom. The molecular weight excluding hydrogens is 298 g/mol. The number of hydrogen-bond donors (Lipinski definition) is 2. The van der Waals surface area contributed by atoms with Gasteiger partial charge in [0.05, 0.1) is 6.04 Å². The second kappa shape index (κ2) is 6.86. The fourth-order valence-electron chi connectivity index (χ4n) is 1.86. The van der Waals surface area contributed by atoms with Crippen LogP contribution >= 0.6 is 0 Å². The van der Waals surface area contributed by atoms with Gasteiger partial charge in [0.25, 0.3) is 0 Å². The molecule has 0 aliphatic heterocycles. The Bertz CT molecular complexity index is 526. The lowest BCUT2D eigenvalue weighted by Gasteiger charge is -2.27. The van der Waals surface area contributed by atoms with Gasteiger partial charge in [0.15, 0.2) is 6.10 Å². The van der Waals surface area contributed by atoms with Gasteiger partial charge in [0.1, 0.15) is 5.60 Å². The molecule has 7 nitrogen and oxygen atoms in total. The van der Waals surface area contributed by atoms with E-state index in [0.29, 0.717) is 5.89 Å². The number of hydrogen-bond acceptors (Lipinski definition) is 6. The van der Waals surface area contributed by atoms with Crippen LogP contribution in [-0.2, 0) is 10.2 Å². The van der Waals surface area contributed by atoms with Crippen LogP contribution in [0.25, 0.3) is 0 Å². The third-order valence-corrected chi connectivity index (χ3v) is 3.08. The summed E-state index contributed by atoms with van der Waals surface area (Å²) in [5, 5.41) is 21.1. The van der Waals surface area contributed by atoms with Crippen LogP contribution < -0.4 is 5.32 Å². The summed E-state index contributed by atoms with van der Waals surface area (Å²) in [6, 6.07) is -0.599. The van der Waals surface area contributed by atoms with Crippen LogP contribution in [-0.4, -0.2) is 33.0 Å². The lowest BCUT2D eigenvalue weighted by molar-refractivity contribution is 0.0323. The predicted octanol–water partition coefficient (Wildman–Crippen LogP) is 2.95. The van der Waals surface area contributed by atoms with E-state index in [1.165, 1.54) is 0 Å². The lowest BCUT2D eigenvalue weighted by Crippen LogP contribution is -2.45. The molecule has 0 saturated heterocycles. The van der Waals surface area contributed by atoms with Crippen LogP contribution in [0.3, 0.4) is 0 Å². The summed E-state index contributed by atoms with van der Waals surface area (Å²) in [6.07, 6.45) is -1.70. The molecule has 1 heterocycles. The summed E-state index contributed by atoms with van der Waals surface area (Å²) < 4.78 is 10.8. The summed E-state index contributed by atoms with van der Waals surface area (Å²) in [6.45, 7) is 14.9. The van der Waals surface area contributed by atoms with Crippen molar-refractivity contribution in [3.63, 3.8) is 0 Å². The number of nitrogens with zero attached hydrogens (tertiary/aromatic N) is 2. The Kier molecular flexibility index (Phi) is 5.79. The highest BCUT2D eigenvalue weighted by Gasteiger charge is 2.32. The van der Waals surface area contributed by atoms with Gasteiger partial charge >= 0.3 is 6.09 Å². The van der Waals surface area contributed by atoms with Crippen molar-refractivity contribution >= 4 is 6.09 Å². The number of aliphatic hydroxyl groups is 1. The largest absolute Gasteiger partial charge is 0.444 e. The van der Waals surface area contributed by atoms with Gasteiger partial charge in [-0.2, -0.15) is 0 Å². The second-order valence-corrected chi connectivity index (χ2v) is 8.06. The van der Waals surface area contributed by atoms with E-state index in [9.17, 15) is 9.90 Å². The van der Waals surface area contributed by atoms with Gasteiger partial charge in [-0.15, -0.1) is 10.2 Å². The summed E-state index contributed by atoms with van der Waals surface area (Å²) in [5.41, 5.74) is -0.919. The zero-order valence-corrected chi connectivity index (χ0v) is 15.3. The molecule has 1 aromatic heterocycles. The first-order valence-electron chi connectivity index (χ1n) is 7.82. The molecule has 0 radical (unpaired) electrons. The lowest BCUT2D eigenvalue weighted by atomic mass is 9.97. The first-order chi connectivity index (χ1) is 10.3. The standard InChI is InChI=1S/C16H29N3O4/c1-9(2)10(17-14(21)23-16(6,7)8)11(20)12-18-19-13(22-12)15(3,4)5/h9-11,20H,1-8H3,(H,17,21)/t10-,11?/m0/s1. The first kappa shape index (κ1) is 19.4. The zero-order chi connectivity index (χ0) is 18.0. The van der Waals surface area contributed by atoms with Gasteiger partial charge in [-0.1, -0.05) is 34.6 Å². The van der Waals surface area contributed by atoms with Gasteiger partial charge in [-0.25, -0.2) is 4.79 Å². The Morgan fingerprint density at radius 2 is 1.74 bits per heavy atom. The van der Waals surface area contributed by atoms with Crippen LogP contribution in [0.15, 0.2) is 4.42 Å². The average molecular weight is 327 g/mol. The molecule has 1 aromatic rings. The fourth-order valence-corrected chi connectivity index (χ4v) is 1.86. The van der Waals surface area contributed by atoms with Crippen LogP contribution in [0, 0.1) is 5.92 Å². The average Bonchev–Trinajstić information content (AvgIpc) is 2.81. The minimum Gasteiger partial charge on any atom is -0.444 e. The molecule has 7 heteroatoms. The Hall–Kier alpha value is -1.63. The topological polar surface area (TPSA) is 97.5 Å². The summed E-state index contributed by atoms with van der Waals surface area (Å²) in [7, 11) is 0. The molecule has 23 heavy (non-hydrogen) atoms. The summed E-state index contributed by atoms with van der Waals surface area (Å²) >= 11 is 0. The molecule has 1 rings (SSSR count). The van der Waals surface area contributed by atoms with Gasteiger partial charge in [0.2, 0.25) is 11.8 Å². The maximum atomic E-state index is 12.0. The maximum Gasteiger partial charge on any atom is 0.407 e. The number of aliphatic hydroxyl groups excluding tert-OH is 1. The molecule has 1 amide bonds. The molecule has 2 atom stereocenters. The van der Waals surface area contributed by atoms with Crippen molar-refractivity contribution in [3.05, 3.63) is 11.8 Å². The van der Waals surface area contributed by atoms with E-state index in [1.54, 1.807) is 20.8 Å². The fraction of sp³-hybridized carbons (Fsp3) is 0.812. The molecular formula is C16H29N3O4. The maximum absolute atomic E-state index is 12.0. The smallest absolute Gasteiger partial charge is 0.407 e. The third kappa shape index (κ3) is 5.82. The third-order valence-electron chi connectivity index (χ3n) is 3.08. The van der Waals surface area contributed by atoms with Crippen LogP contribution in [0.2, 0.25) is 0 Å². The molecule has 0 aliphatic carbocycles. The van der Waals surface area contributed by atoms with Gasteiger partial charge in [-0.05, 0) is 26.7 Å². The monoisotopic (exact) mass is 327 g/mol. The second-order valence-electron chi connectivity index (χ2n) is 8.06. The highest BCUT2D eigenvalue weighted by atomic mass is 16.6. The van der Waals surface area contributed by atoms with Crippen molar-refractivity contribution in [2.75, 3.05) is 0 Å². The number of nitrogens with one attached hydrogen (secondary N) is 1. The molecule has 0 bridgehead atoms. The van der Waals surface area contributed by atoms with Crippen LogP contribution in [0.5, 0.6) is 0 Å². The van der Waals surface area contributed by atoms with Crippen molar-refractivity contribution < 1.29 is 19.1 Å². The van der Waals surface area contributed by atoms with Gasteiger partial charge in [-0.3, -0.25) is 0 Å². The van der Waals surface area contributed by atoms with E-state index < -0.39 is 23.8 Å². The van der Waals surface area contributed by atoms with Crippen LogP contribution in [0.1, 0.15) is 73.3 Å².